The van der Waals surface area contributed by atoms with E-state index in [2.05, 4.69) is 36.2 Å². The Morgan fingerprint density at radius 3 is 2.43 bits per heavy atom. The molecule has 0 unspecified atom stereocenters. The van der Waals surface area contributed by atoms with Crippen molar-refractivity contribution < 1.29 is 45.8 Å². The van der Waals surface area contributed by atoms with E-state index in [9.17, 15) is 36.3 Å². The molecule has 13 nitrogen and oxygen atoms in total. The lowest BCUT2D eigenvalue weighted by Gasteiger charge is -2.32. The summed E-state index contributed by atoms with van der Waals surface area (Å²) in [6.45, 7) is 2.20. The molecule has 0 fully saturated rings. The molecule has 0 saturated heterocycles. The molecule has 4 aliphatic rings. The molecule has 0 aliphatic carbocycles. The minimum Gasteiger partial charge on any atom is -0.492 e. The van der Waals surface area contributed by atoms with Crippen LogP contribution in [0.2, 0.25) is 5.02 Å². The number of hydrogen-bond acceptors (Lipinski definition) is 10. The standard InChI is InChI=1S/C35H34ClF5N8O5/c1-34(2)17-43-28(50)21-5-7-22(8-6-21)45-32-46-31(47-33(48-32)54-19-35(39,40)41)42-16-20-4-11-27(24(36)14-20)53-13-3-12-49(18-34)30(52)29(51)44-23-9-10-25(37)26(38)15-23/h4-11,14-15H,3,12-13,16-19H2,1-2H3,(H,43,50)(H,44,51)(H2,42,45,46,47,48). The molecule has 0 spiro atoms. The fraction of sp³-hybridized carbons (Fsp3) is 0.314. The predicted molar refractivity (Wildman–Crippen MR) is 188 cm³/mol. The van der Waals surface area contributed by atoms with E-state index in [1.807, 2.05) is 0 Å². The lowest BCUT2D eigenvalue weighted by molar-refractivity contribution is -0.154. The number of aromatic nitrogens is 3. The van der Waals surface area contributed by atoms with Crippen LogP contribution in [0.1, 0.15) is 36.2 Å². The second-order valence-electron chi connectivity index (χ2n) is 12.8. The SMILES string of the molecule is CC1(C)CNC(=O)c2ccc(cc2)Nc2nc(nc(OCC(F)(F)F)n2)NCc2ccc(c(Cl)c2)OCCCN(C(=O)C(=O)Nc2ccc(F)c(F)c2)C1. The molecule has 1 aromatic heterocycles. The van der Waals surface area contributed by atoms with E-state index in [4.69, 9.17) is 21.1 Å². The first-order valence-electron chi connectivity index (χ1n) is 16.3. The summed E-state index contributed by atoms with van der Waals surface area (Å²) >= 11 is 6.47. The molecule has 19 heteroatoms. The van der Waals surface area contributed by atoms with Crippen LogP contribution >= 0.6 is 11.6 Å². The van der Waals surface area contributed by atoms with E-state index in [0.717, 1.165) is 18.2 Å². The highest BCUT2D eigenvalue weighted by Crippen LogP contribution is 2.27. The Balaban J connectivity index is 1.38. The molecule has 3 aromatic carbocycles. The number of carbonyl (C=O) groups is 3. The van der Waals surface area contributed by atoms with Gasteiger partial charge in [0, 0.05) is 49.2 Å². The van der Waals surface area contributed by atoms with Crippen LogP contribution in [0.15, 0.2) is 60.7 Å². The summed E-state index contributed by atoms with van der Waals surface area (Å²) in [5.41, 5.74) is 0.393. The number of carbonyl (C=O) groups excluding carboxylic acids is 3. The van der Waals surface area contributed by atoms with Crippen molar-refractivity contribution in [2.45, 2.75) is 33.0 Å². The van der Waals surface area contributed by atoms with Crippen molar-refractivity contribution in [3.05, 3.63) is 88.4 Å². The van der Waals surface area contributed by atoms with E-state index in [1.165, 1.54) is 29.2 Å². The van der Waals surface area contributed by atoms with E-state index >= 15 is 0 Å². The summed E-state index contributed by atoms with van der Waals surface area (Å²) in [5, 5.41) is 11.1. The highest BCUT2D eigenvalue weighted by Gasteiger charge is 2.30. The summed E-state index contributed by atoms with van der Waals surface area (Å²) in [5.74, 6) is -4.72. The van der Waals surface area contributed by atoms with Crippen LogP contribution in [-0.4, -0.2) is 76.6 Å². The molecule has 0 atom stereocenters. The zero-order valence-electron chi connectivity index (χ0n) is 28.8. The van der Waals surface area contributed by atoms with Gasteiger partial charge in [-0.15, -0.1) is 0 Å². The predicted octanol–water partition coefficient (Wildman–Crippen LogP) is 6.11. The molecule has 3 amide bonds. The highest BCUT2D eigenvalue weighted by molar-refractivity contribution is 6.39. The molecule has 6 bridgehead atoms. The lowest BCUT2D eigenvalue weighted by atomic mass is 9.92. The van der Waals surface area contributed by atoms with Crippen LogP contribution < -0.4 is 30.7 Å². The normalized spacial score (nSPS) is 15.2. The molecular weight excluding hydrogens is 743 g/mol. The number of halogens is 6. The summed E-state index contributed by atoms with van der Waals surface area (Å²) in [4.78, 5) is 52.9. The lowest BCUT2D eigenvalue weighted by Crippen LogP contribution is -2.48. The third-order valence-corrected chi connectivity index (χ3v) is 7.96. The smallest absolute Gasteiger partial charge is 0.422 e. The first kappa shape index (κ1) is 39.4. The third kappa shape index (κ3) is 11.4. The maximum Gasteiger partial charge on any atom is 0.422 e. The Bertz CT molecular complexity index is 2000. The number of hydrogen-bond donors (Lipinski definition) is 4. The third-order valence-electron chi connectivity index (χ3n) is 7.67. The van der Waals surface area contributed by atoms with E-state index in [-0.39, 0.29) is 67.4 Å². The van der Waals surface area contributed by atoms with Crippen LogP contribution in [0.4, 0.5) is 45.2 Å². The Hall–Kier alpha value is -5.78. The van der Waals surface area contributed by atoms with Crippen LogP contribution in [-0.2, 0) is 16.1 Å². The number of rotatable bonds is 3. The largest absolute Gasteiger partial charge is 0.492 e. The van der Waals surface area contributed by atoms with Crippen LogP contribution in [0.25, 0.3) is 0 Å². The van der Waals surface area contributed by atoms with Crippen molar-refractivity contribution in [3.8, 4) is 11.8 Å². The topological polar surface area (TPSA) is 160 Å². The monoisotopic (exact) mass is 776 g/mol. The number of anilines is 4. The molecule has 4 aromatic rings. The van der Waals surface area contributed by atoms with Crippen LogP contribution in [0.5, 0.6) is 11.8 Å². The van der Waals surface area contributed by atoms with Crippen molar-refractivity contribution >= 4 is 52.6 Å². The summed E-state index contributed by atoms with van der Waals surface area (Å²) in [7, 11) is 0. The summed E-state index contributed by atoms with van der Waals surface area (Å²) in [6.07, 6.45) is -4.39. The van der Waals surface area contributed by atoms with Crippen LogP contribution in [0, 0.1) is 17.0 Å². The molecule has 8 rings (SSSR count). The molecular formula is C35H34ClF5N8O5. The van der Waals surface area contributed by atoms with Gasteiger partial charge in [-0.05, 0) is 65.9 Å². The van der Waals surface area contributed by atoms with Crippen molar-refractivity contribution in [3.63, 3.8) is 0 Å². The second kappa shape index (κ2) is 16.9. The van der Waals surface area contributed by atoms with Crippen molar-refractivity contribution in [1.82, 2.24) is 25.2 Å². The molecule has 54 heavy (non-hydrogen) atoms. The summed E-state index contributed by atoms with van der Waals surface area (Å²) in [6, 6.07) is 13.1. The van der Waals surface area contributed by atoms with E-state index in [1.54, 1.807) is 32.0 Å². The average molecular weight is 777 g/mol. The fourth-order valence-electron chi connectivity index (χ4n) is 5.08. The second-order valence-corrected chi connectivity index (χ2v) is 13.3. The minimum absolute atomic E-state index is 0.00518. The maximum atomic E-state index is 13.8. The van der Waals surface area contributed by atoms with Crippen molar-refractivity contribution in [2.75, 3.05) is 48.8 Å². The Morgan fingerprint density at radius 1 is 0.981 bits per heavy atom. The van der Waals surface area contributed by atoms with Gasteiger partial charge in [-0.3, -0.25) is 14.4 Å². The Kier molecular flexibility index (Phi) is 12.4. The van der Waals surface area contributed by atoms with Gasteiger partial charge in [0.05, 0.1) is 11.6 Å². The van der Waals surface area contributed by atoms with Gasteiger partial charge in [0.1, 0.15) is 5.75 Å². The molecule has 286 valence electrons. The van der Waals surface area contributed by atoms with Gasteiger partial charge in [-0.25, -0.2) is 8.78 Å². The van der Waals surface area contributed by atoms with Crippen molar-refractivity contribution in [1.29, 1.82) is 0 Å². The van der Waals surface area contributed by atoms with Gasteiger partial charge < -0.3 is 35.6 Å². The van der Waals surface area contributed by atoms with Crippen molar-refractivity contribution in [2.24, 2.45) is 5.41 Å². The zero-order valence-corrected chi connectivity index (χ0v) is 29.6. The van der Waals surface area contributed by atoms with Gasteiger partial charge in [0.2, 0.25) is 11.9 Å². The minimum atomic E-state index is -4.64. The Morgan fingerprint density at radius 2 is 1.72 bits per heavy atom. The van der Waals surface area contributed by atoms with Gasteiger partial charge in [0.25, 0.3) is 5.91 Å². The van der Waals surface area contributed by atoms with E-state index < -0.39 is 53.6 Å². The number of alkyl halides is 3. The Labute approximate surface area is 310 Å². The number of ether oxygens (including phenoxy) is 2. The molecule has 4 aliphatic heterocycles. The first-order valence-corrected chi connectivity index (χ1v) is 16.7. The molecule has 0 saturated carbocycles. The highest BCUT2D eigenvalue weighted by atomic mass is 35.5. The molecule has 5 heterocycles. The molecule has 0 radical (unpaired) electrons. The van der Waals surface area contributed by atoms with Gasteiger partial charge in [0.15, 0.2) is 18.2 Å². The van der Waals surface area contributed by atoms with Crippen LogP contribution in [0.3, 0.4) is 0 Å². The van der Waals surface area contributed by atoms with Gasteiger partial charge in [-0.1, -0.05) is 31.5 Å². The average Bonchev–Trinajstić information content (AvgIpc) is 3.11. The number of nitrogens with one attached hydrogen (secondary N) is 4. The first-order chi connectivity index (χ1) is 25.5. The number of benzene rings is 3. The van der Waals surface area contributed by atoms with Gasteiger partial charge in [-0.2, -0.15) is 28.1 Å². The van der Waals surface area contributed by atoms with Gasteiger partial charge >= 0.3 is 24.0 Å². The molecule has 4 N–H and O–H groups in total. The number of nitrogens with zero attached hydrogens (tertiary/aromatic N) is 4. The zero-order chi connectivity index (χ0) is 39.0. The fourth-order valence-corrected chi connectivity index (χ4v) is 5.33. The number of amides is 3. The van der Waals surface area contributed by atoms with E-state index in [0.29, 0.717) is 17.0 Å². The summed E-state index contributed by atoms with van der Waals surface area (Å²) < 4.78 is 76.5. The quantitative estimate of drug-likeness (QED) is 0.141. The maximum absolute atomic E-state index is 13.8.